The molecule has 66 valence electrons. The third-order valence-corrected chi connectivity index (χ3v) is 2.17. The highest BCUT2D eigenvalue weighted by Gasteiger charge is 2.16. The van der Waals surface area contributed by atoms with Crippen LogP contribution in [0.25, 0.3) is 0 Å². The van der Waals surface area contributed by atoms with Gasteiger partial charge in [-0.3, -0.25) is 4.79 Å². The van der Waals surface area contributed by atoms with Gasteiger partial charge in [-0.2, -0.15) is 13.1 Å². The van der Waals surface area contributed by atoms with E-state index in [2.05, 4.69) is 0 Å². The third kappa shape index (κ3) is 3.91. The van der Waals surface area contributed by atoms with E-state index in [1.54, 1.807) is 0 Å². The summed E-state index contributed by atoms with van der Waals surface area (Å²) in [5, 5.41) is 8.29. The van der Waals surface area contributed by atoms with Crippen molar-refractivity contribution in [2.24, 2.45) is 0 Å². The second-order valence-electron chi connectivity index (χ2n) is 1.89. The Morgan fingerprint density at radius 2 is 2.00 bits per heavy atom. The monoisotopic (exact) mass is 182 g/mol. The van der Waals surface area contributed by atoms with E-state index in [4.69, 9.17) is 5.11 Å². The lowest BCUT2D eigenvalue weighted by atomic mass is 10.4. The highest BCUT2D eigenvalue weighted by Crippen LogP contribution is 1.83. The predicted octanol–water partition coefficient (Wildman–Crippen LogP) is -1.49. The van der Waals surface area contributed by atoms with Crippen LogP contribution in [0.15, 0.2) is 0 Å². The van der Waals surface area contributed by atoms with Crippen LogP contribution < -0.4 is 9.44 Å². The normalized spacial score (nSPS) is 14.4. The number of carboxylic acids is 1. The molecule has 3 N–H and O–H groups in total. The maximum absolute atomic E-state index is 10.6. The second kappa shape index (κ2) is 3.65. The molecule has 0 aliphatic rings. The first kappa shape index (κ1) is 10.3. The maximum Gasteiger partial charge on any atom is 0.321 e. The van der Waals surface area contributed by atoms with Crippen LogP contribution in [0.4, 0.5) is 0 Å². The van der Waals surface area contributed by atoms with Crippen LogP contribution >= 0.6 is 0 Å². The van der Waals surface area contributed by atoms with Crippen molar-refractivity contribution < 1.29 is 18.3 Å². The summed E-state index contributed by atoms with van der Waals surface area (Å²) in [5.41, 5.74) is 0. The Morgan fingerprint density at radius 1 is 1.55 bits per heavy atom. The molecule has 0 fully saturated rings. The topological polar surface area (TPSA) is 95.5 Å². The van der Waals surface area contributed by atoms with Crippen molar-refractivity contribution in [1.29, 1.82) is 0 Å². The van der Waals surface area contributed by atoms with Gasteiger partial charge in [-0.05, 0) is 6.92 Å². The largest absolute Gasteiger partial charge is 0.480 e. The summed E-state index contributed by atoms with van der Waals surface area (Å²) in [6, 6.07) is -1.12. The standard InChI is InChI=1S/C4H10N2O4S/c1-3(4(7)8)6-11(9,10)5-2/h3,5-6H,1-2H3,(H,7,8)/t3-/m0/s1. The fourth-order valence-electron chi connectivity index (χ4n) is 0.342. The Hall–Kier alpha value is -0.660. The van der Waals surface area contributed by atoms with Crippen LogP contribution in [-0.2, 0) is 15.0 Å². The molecular formula is C4H10N2O4S. The first-order valence-corrected chi connectivity index (χ1v) is 4.31. The molecule has 0 radical (unpaired) electrons. The zero-order chi connectivity index (χ0) is 9.07. The molecule has 1 atom stereocenters. The summed E-state index contributed by atoms with van der Waals surface area (Å²) in [4.78, 5) is 10.1. The molecule has 11 heavy (non-hydrogen) atoms. The zero-order valence-electron chi connectivity index (χ0n) is 6.16. The number of rotatable bonds is 4. The van der Waals surface area contributed by atoms with Crippen molar-refractivity contribution >= 4 is 16.2 Å². The van der Waals surface area contributed by atoms with Gasteiger partial charge in [0.15, 0.2) is 0 Å². The zero-order valence-corrected chi connectivity index (χ0v) is 6.97. The molecule has 0 unspecified atom stereocenters. The van der Waals surface area contributed by atoms with Crippen molar-refractivity contribution in [3.8, 4) is 0 Å². The average molecular weight is 182 g/mol. The first-order valence-electron chi connectivity index (χ1n) is 2.82. The third-order valence-electron chi connectivity index (χ3n) is 0.971. The van der Waals surface area contributed by atoms with Gasteiger partial charge in [0, 0.05) is 7.05 Å². The summed E-state index contributed by atoms with van der Waals surface area (Å²) in [7, 11) is -2.45. The number of aliphatic carboxylic acids is 1. The van der Waals surface area contributed by atoms with E-state index in [0.717, 1.165) is 0 Å². The van der Waals surface area contributed by atoms with Crippen molar-refractivity contribution in [1.82, 2.24) is 9.44 Å². The molecule has 0 aromatic carbocycles. The minimum atomic E-state index is -3.64. The average Bonchev–Trinajstić information content (AvgIpc) is 1.87. The van der Waals surface area contributed by atoms with Gasteiger partial charge in [-0.25, -0.2) is 4.72 Å². The molecule has 0 saturated carbocycles. The van der Waals surface area contributed by atoms with Gasteiger partial charge in [0.1, 0.15) is 6.04 Å². The van der Waals surface area contributed by atoms with Crippen LogP contribution in [0, 0.1) is 0 Å². The van der Waals surface area contributed by atoms with E-state index in [0.29, 0.717) is 0 Å². The molecular weight excluding hydrogens is 172 g/mol. The van der Waals surface area contributed by atoms with Crippen LogP contribution in [0.3, 0.4) is 0 Å². The number of carboxylic acid groups (broad SMARTS) is 1. The Morgan fingerprint density at radius 3 is 2.27 bits per heavy atom. The molecule has 0 saturated heterocycles. The molecule has 0 aliphatic carbocycles. The van der Waals surface area contributed by atoms with Gasteiger partial charge in [0.25, 0.3) is 10.2 Å². The Balaban J connectivity index is 4.16. The second-order valence-corrected chi connectivity index (χ2v) is 3.54. The maximum atomic E-state index is 10.6. The van der Waals surface area contributed by atoms with Crippen LogP contribution in [0.2, 0.25) is 0 Å². The smallest absolute Gasteiger partial charge is 0.321 e. The van der Waals surface area contributed by atoms with Crippen LogP contribution in [0.5, 0.6) is 0 Å². The molecule has 0 amide bonds. The lowest BCUT2D eigenvalue weighted by molar-refractivity contribution is -0.138. The van der Waals surface area contributed by atoms with Gasteiger partial charge < -0.3 is 5.11 Å². The Labute approximate surface area is 64.8 Å². The number of nitrogens with one attached hydrogen (secondary N) is 2. The lowest BCUT2D eigenvalue weighted by Gasteiger charge is -2.07. The van der Waals surface area contributed by atoms with Crippen LogP contribution in [-0.4, -0.2) is 32.6 Å². The molecule has 6 nitrogen and oxygen atoms in total. The fourth-order valence-corrected chi connectivity index (χ4v) is 1.03. The fraction of sp³-hybridized carbons (Fsp3) is 0.750. The van der Waals surface area contributed by atoms with Crippen molar-refractivity contribution in [3.63, 3.8) is 0 Å². The quantitative estimate of drug-likeness (QED) is 0.493. The SMILES string of the molecule is CNS(=O)(=O)N[C@@H](C)C(=O)O. The number of hydrogen-bond acceptors (Lipinski definition) is 3. The minimum Gasteiger partial charge on any atom is -0.480 e. The van der Waals surface area contributed by atoms with E-state index < -0.39 is 22.2 Å². The molecule has 0 aromatic rings. The van der Waals surface area contributed by atoms with E-state index in [-0.39, 0.29) is 0 Å². The lowest BCUT2D eigenvalue weighted by Crippen LogP contribution is -2.43. The summed E-state index contributed by atoms with van der Waals surface area (Å²) in [5.74, 6) is -1.22. The van der Waals surface area contributed by atoms with E-state index in [9.17, 15) is 13.2 Å². The summed E-state index contributed by atoms with van der Waals surface area (Å²) < 4.78 is 25.0. The van der Waals surface area contributed by atoms with E-state index >= 15 is 0 Å². The van der Waals surface area contributed by atoms with Gasteiger partial charge in [0.2, 0.25) is 0 Å². The molecule has 0 aliphatic heterocycles. The molecule has 7 heteroatoms. The molecule has 0 bridgehead atoms. The van der Waals surface area contributed by atoms with E-state index in [1.807, 2.05) is 9.44 Å². The van der Waals surface area contributed by atoms with Crippen molar-refractivity contribution in [2.75, 3.05) is 7.05 Å². The van der Waals surface area contributed by atoms with Gasteiger partial charge in [0.05, 0.1) is 0 Å². The summed E-state index contributed by atoms with van der Waals surface area (Å²) in [6.07, 6.45) is 0. The van der Waals surface area contributed by atoms with E-state index in [1.165, 1.54) is 14.0 Å². The van der Waals surface area contributed by atoms with Gasteiger partial charge >= 0.3 is 5.97 Å². The number of hydrogen-bond donors (Lipinski definition) is 3. The van der Waals surface area contributed by atoms with Crippen molar-refractivity contribution in [2.45, 2.75) is 13.0 Å². The first-order chi connectivity index (χ1) is 4.89. The van der Waals surface area contributed by atoms with Crippen molar-refractivity contribution in [3.05, 3.63) is 0 Å². The van der Waals surface area contributed by atoms with Crippen LogP contribution in [0.1, 0.15) is 6.92 Å². The molecule has 0 heterocycles. The molecule has 0 rings (SSSR count). The Kier molecular flexibility index (Phi) is 3.43. The molecule has 0 spiro atoms. The van der Waals surface area contributed by atoms with Gasteiger partial charge in [-0.1, -0.05) is 0 Å². The van der Waals surface area contributed by atoms with Gasteiger partial charge in [-0.15, -0.1) is 0 Å². The summed E-state index contributed by atoms with van der Waals surface area (Å²) >= 11 is 0. The highest BCUT2D eigenvalue weighted by atomic mass is 32.2. The predicted molar refractivity (Wildman–Crippen MR) is 38.2 cm³/mol. The highest BCUT2D eigenvalue weighted by molar-refractivity contribution is 7.87. The Bertz CT molecular complexity index is 234. The summed E-state index contributed by atoms with van der Waals surface area (Å²) in [6.45, 7) is 1.23. The minimum absolute atomic E-state index is 1.12. The number of carbonyl (C=O) groups is 1. The molecule has 0 aromatic heterocycles.